The third-order valence-corrected chi connectivity index (χ3v) is 5.15. The molecule has 2 aliphatic rings. The number of nitrogens with one attached hydrogen (secondary N) is 1. The molecular weight excluding hydrogens is 274 g/mol. The van der Waals surface area contributed by atoms with E-state index in [4.69, 9.17) is 0 Å². The molecule has 3 rings (SSSR count). The Balaban J connectivity index is 1.61. The lowest BCUT2D eigenvalue weighted by molar-refractivity contribution is 0.0838. The molecule has 2 heterocycles. The average Bonchev–Trinajstić information content (AvgIpc) is 2.87. The highest BCUT2D eigenvalue weighted by molar-refractivity contribution is 5.89. The van der Waals surface area contributed by atoms with Crippen LogP contribution in [-0.4, -0.2) is 47.0 Å². The number of likely N-dealkylation sites (tertiary alicyclic amines) is 2. The van der Waals surface area contributed by atoms with Gasteiger partial charge >= 0.3 is 6.03 Å². The first kappa shape index (κ1) is 15.3. The molecule has 0 unspecified atom stereocenters. The fraction of sp³-hybridized carbons (Fsp3) is 0.611. The molecule has 0 saturated carbocycles. The van der Waals surface area contributed by atoms with Crippen molar-refractivity contribution in [2.24, 2.45) is 0 Å². The number of carbonyl (C=O) groups is 1. The van der Waals surface area contributed by atoms with Gasteiger partial charge in [-0.2, -0.15) is 0 Å². The monoisotopic (exact) mass is 301 g/mol. The number of amides is 2. The molecule has 0 radical (unpaired) electrons. The van der Waals surface area contributed by atoms with Gasteiger partial charge in [-0.25, -0.2) is 4.79 Å². The van der Waals surface area contributed by atoms with Crippen molar-refractivity contribution in [3.8, 4) is 0 Å². The van der Waals surface area contributed by atoms with Gasteiger partial charge in [0.15, 0.2) is 0 Å². The summed E-state index contributed by atoms with van der Waals surface area (Å²) in [7, 11) is 0. The normalized spacial score (nSPS) is 29.5. The number of hydrogen-bond donors (Lipinski definition) is 1. The molecule has 2 fully saturated rings. The fourth-order valence-corrected chi connectivity index (χ4v) is 4.04. The van der Waals surface area contributed by atoms with Gasteiger partial charge in [0.25, 0.3) is 0 Å². The predicted octanol–water partition coefficient (Wildman–Crippen LogP) is 3.56. The highest BCUT2D eigenvalue weighted by Gasteiger charge is 2.36. The van der Waals surface area contributed by atoms with E-state index < -0.39 is 0 Å². The third kappa shape index (κ3) is 3.27. The smallest absolute Gasteiger partial charge is 0.321 e. The van der Waals surface area contributed by atoms with E-state index in [1.807, 2.05) is 35.2 Å². The van der Waals surface area contributed by atoms with Crippen molar-refractivity contribution in [1.82, 2.24) is 9.80 Å². The Bertz CT molecular complexity index is 494. The van der Waals surface area contributed by atoms with Crippen LogP contribution in [0.4, 0.5) is 10.5 Å². The van der Waals surface area contributed by atoms with E-state index in [2.05, 4.69) is 24.1 Å². The summed E-state index contributed by atoms with van der Waals surface area (Å²) in [5.41, 5.74) is 0.873. The average molecular weight is 301 g/mol. The zero-order valence-corrected chi connectivity index (χ0v) is 13.7. The summed E-state index contributed by atoms with van der Waals surface area (Å²) in [4.78, 5) is 17.1. The van der Waals surface area contributed by atoms with Crippen LogP contribution in [0.25, 0.3) is 0 Å². The molecule has 0 aliphatic carbocycles. The molecule has 0 bridgehead atoms. The minimum absolute atomic E-state index is 0.0374. The van der Waals surface area contributed by atoms with Gasteiger partial charge in [-0.05, 0) is 51.7 Å². The lowest BCUT2D eigenvalue weighted by Crippen LogP contribution is -2.53. The van der Waals surface area contributed by atoms with Crippen LogP contribution in [0.3, 0.4) is 0 Å². The first-order valence-electron chi connectivity index (χ1n) is 8.53. The minimum atomic E-state index is 0.0374. The molecule has 1 N–H and O–H groups in total. The number of hydrogen-bond acceptors (Lipinski definition) is 2. The molecule has 2 aliphatic heterocycles. The van der Waals surface area contributed by atoms with Crippen LogP contribution in [0.15, 0.2) is 30.3 Å². The van der Waals surface area contributed by atoms with Gasteiger partial charge in [0.1, 0.15) is 0 Å². The van der Waals surface area contributed by atoms with E-state index in [1.165, 1.54) is 19.3 Å². The summed E-state index contributed by atoms with van der Waals surface area (Å²) < 4.78 is 0. The molecule has 2 saturated heterocycles. The number of nitrogens with zero attached hydrogens (tertiary/aromatic N) is 2. The summed E-state index contributed by atoms with van der Waals surface area (Å²) >= 11 is 0. The van der Waals surface area contributed by atoms with Crippen molar-refractivity contribution in [3.63, 3.8) is 0 Å². The molecule has 0 aromatic heterocycles. The van der Waals surface area contributed by atoms with Crippen LogP contribution >= 0.6 is 0 Å². The maximum absolute atomic E-state index is 12.5. The maximum Gasteiger partial charge on any atom is 0.321 e. The first-order valence-corrected chi connectivity index (χ1v) is 8.53. The molecular formula is C18H27N3O. The number of benzene rings is 1. The Morgan fingerprint density at radius 1 is 1.09 bits per heavy atom. The summed E-state index contributed by atoms with van der Waals surface area (Å²) in [6, 6.07) is 11.6. The Hall–Kier alpha value is -1.55. The molecule has 120 valence electrons. The third-order valence-electron chi connectivity index (χ3n) is 5.15. The van der Waals surface area contributed by atoms with Crippen LogP contribution in [0.1, 0.15) is 39.5 Å². The second-order valence-corrected chi connectivity index (χ2v) is 6.76. The molecule has 4 heteroatoms. The topological polar surface area (TPSA) is 35.6 Å². The van der Waals surface area contributed by atoms with E-state index in [0.717, 1.165) is 25.2 Å². The second-order valence-electron chi connectivity index (χ2n) is 6.76. The maximum atomic E-state index is 12.5. The quantitative estimate of drug-likeness (QED) is 0.906. The Morgan fingerprint density at radius 2 is 1.77 bits per heavy atom. The summed E-state index contributed by atoms with van der Waals surface area (Å²) in [6.07, 6.45) is 4.88. The fourth-order valence-electron chi connectivity index (χ4n) is 4.04. The number of piperidine rings is 1. The van der Waals surface area contributed by atoms with Crippen molar-refractivity contribution < 1.29 is 4.79 Å². The number of anilines is 1. The molecule has 0 spiro atoms. The molecule has 4 nitrogen and oxygen atoms in total. The molecule has 2 amide bonds. The summed E-state index contributed by atoms with van der Waals surface area (Å²) in [6.45, 7) is 6.37. The Morgan fingerprint density at radius 3 is 2.45 bits per heavy atom. The van der Waals surface area contributed by atoms with Crippen LogP contribution in [0, 0.1) is 0 Å². The molecule has 3 atom stereocenters. The van der Waals surface area contributed by atoms with Gasteiger partial charge in [-0.1, -0.05) is 18.2 Å². The number of rotatable bonds is 2. The van der Waals surface area contributed by atoms with Crippen molar-refractivity contribution in [3.05, 3.63) is 30.3 Å². The van der Waals surface area contributed by atoms with Gasteiger partial charge < -0.3 is 10.2 Å². The first-order chi connectivity index (χ1) is 10.6. The van der Waals surface area contributed by atoms with Crippen LogP contribution in [-0.2, 0) is 0 Å². The lowest BCUT2D eigenvalue weighted by atomic mass is 10.0. The number of urea groups is 1. The highest BCUT2D eigenvalue weighted by atomic mass is 16.2. The molecule has 1 aromatic carbocycles. The summed E-state index contributed by atoms with van der Waals surface area (Å²) in [5.74, 6) is 0. The van der Waals surface area contributed by atoms with Crippen molar-refractivity contribution in [1.29, 1.82) is 0 Å². The van der Waals surface area contributed by atoms with Gasteiger partial charge in [-0.15, -0.1) is 0 Å². The van der Waals surface area contributed by atoms with E-state index in [9.17, 15) is 4.79 Å². The number of carbonyl (C=O) groups excluding carboxylic acids is 1. The van der Waals surface area contributed by atoms with Crippen LogP contribution in [0.2, 0.25) is 0 Å². The number of para-hydroxylation sites is 1. The highest BCUT2D eigenvalue weighted by Crippen LogP contribution is 2.29. The van der Waals surface area contributed by atoms with Gasteiger partial charge in [0.2, 0.25) is 0 Å². The van der Waals surface area contributed by atoms with Crippen LogP contribution < -0.4 is 5.32 Å². The second kappa shape index (κ2) is 6.69. The Labute approximate surface area is 133 Å². The standard InChI is InChI=1S/C18H27N3O/c1-14-10-11-15(2)21(14)17-9-6-12-20(13-17)18(22)19-16-7-4-3-5-8-16/h3-5,7-8,14-15,17H,6,9-13H2,1-2H3,(H,19,22)/t14-,15-,17+/m1/s1. The largest absolute Gasteiger partial charge is 0.323 e. The van der Waals surface area contributed by atoms with Crippen LogP contribution in [0.5, 0.6) is 0 Å². The Kier molecular flexibility index (Phi) is 4.67. The molecule has 1 aromatic rings. The van der Waals surface area contributed by atoms with Gasteiger partial charge in [0.05, 0.1) is 0 Å². The zero-order valence-electron chi connectivity index (χ0n) is 13.7. The van der Waals surface area contributed by atoms with Crippen molar-refractivity contribution in [2.45, 2.75) is 57.7 Å². The van der Waals surface area contributed by atoms with Gasteiger partial charge in [0, 0.05) is 36.9 Å². The SMILES string of the molecule is C[C@@H]1CC[C@@H](C)N1[C@H]1CCCN(C(=O)Nc2ccccc2)C1. The minimum Gasteiger partial charge on any atom is -0.323 e. The lowest BCUT2D eigenvalue weighted by Gasteiger charge is -2.41. The molecule has 22 heavy (non-hydrogen) atoms. The predicted molar refractivity (Wildman–Crippen MR) is 90.1 cm³/mol. The van der Waals surface area contributed by atoms with E-state index in [1.54, 1.807) is 0 Å². The van der Waals surface area contributed by atoms with E-state index >= 15 is 0 Å². The van der Waals surface area contributed by atoms with Gasteiger partial charge in [-0.3, -0.25) is 4.90 Å². The van der Waals surface area contributed by atoms with Crippen molar-refractivity contribution >= 4 is 11.7 Å². The zero-order chi connectivity index (χ0) is 15.5. The van der Waals surface area contributed by atoms with E-state index in [0.29, 0.717) is 18.1 Å². The van der Waals surface area contributed by atoms with Crippen molar-refractivity contribution in [2.75, 3.05) is 18.4 Å². The van der Waals surface area contributed by atoms with E-state index in [-0.39, 0.29) is 6.03 Å². The summed E-state index contributed by atoms with van der Waals surface area (Å²) in [5, 5.41) is 3.01.